The SMILES string of the molecule is CCC(C)(C)c1ccc(OCC(=O)NNc2ccc(N)cc2)cc1. The number of hydrogen-bond donors (Lipinski definition) is 3. The fourth-order valence-electron chi connectivity index (χ4n) is 2.10. The van der Waals surface area contributed by atoms with Gasteiger partial charge in [0.2, 0.25) is 0 Å². The number of amides is 1. The molecule has 0 aliphatic rings. The molecule has 5 heteroatoms. The molecule has 0 aromatic heterocycles. The van der Waals surface area contributed by atoms with Crippen LogP contribution in [0.2, 0.25) is 0 Å². The monoisotopic (exact) mass is 327 g/mol. The second-order valence-corrected chi connectivity index (χ2v) is 6.35. The van der Waals surface area contributed by atoms with Crippen LogP contribution in [0.1, 0.15) is 32.8 Å². The minimum absolute atomic E-state index is 0.0571. The molecule has 24 heavy (non-hydrogen) atoms. The fourth-order valence-corrected chi connectivity index (χ4v) is 2.10. The quantitative estimate of drug-likeness (QED) is 0.537. The van der Waals surface area contributed by atoms with Gasteiger partial charge in [0.25, 0.3) is 5.91 Å². The van der Waals surface area contributed by atoms with Crippen molar-refractivity contribution in [3.63, 3.8) is 0 Å². The number of carbonyl (C=O) groups excluding carboxylic acids is 1. The van der Waals surface area contributed by atoms with Crippen molar-refractivity contribution < 1.29 is 9.53 Å². The van der Waals surface area contributed by atoms with E-state index in [2.05, 4.69) is 31.6 Å². The van der Waals surface area contributed by atoms with Gasteiger partial charge in [-0.25, -0.2) is 0 Å². The summed E-state index contributed by atoms with van der Waals surface area (Å²) >= 11 is 0. The summed E-state index contributed by atoms with van der Waals surface area (Å²) in [6.07, 6.45) is 1.06. The first kappa shape index (κ1) is 17.7. The Morgan fingerprint density at radius 2 is 1.71 bits per heavy atom. The summed E-state index contributed by atoms with van der Waals surface area (Å²) in [4.78, 5) is 11.8. The van der Waals surface area contributed by atoms with E-state index in [9.17, 15) is 4.79 Å². The van der Waals surface area contributed by atoms with Crippen molar-refractivity contribution in [3.05, 3.63) is 54.1 Å². The van der Waals surface area contributed by atoms with Gasteiger partial charge in [-0.3, -0.25) is 15.6 Å². The van der Waals surface area contributed by atoms with Gasteiger partial charge >= 0.3 is 0 Å². The molecule has 1 amide bonds. The van der Waals surface area contributed by atoms with Gasteiger partial charge in [-0.1, -0.05) is 32.9 Å². The van der Waals surface area contributed by atoms with E-state index < -0.39 is 0 Å². The van der Waals surface area contributed by atoms with Crippen LogP contribution in [0.3, 0.4) is 0 Å². The Hall–Kier alpha value is -2.69. The van der Waals surface area contributed by atoms with Crippen molar-refractivity contribution in [3.8, 4) is 5.75 Å². The number of anilines is 2. The molecular formula is C19H25N3O2. The molecule has 0 saturated carbocycles. The van der Waals surface area contributed by atoms with Crippen LogP contribution in [0.25, 0.3) is 0 Å². The van der Waals surface area contributed by atoms with Gasteiger partial charge in [-0.05, 0) is 53.8 Å². The van der Waals surface area contributed by atoms with Crippen LogP contribution in [-0.4, -0.2) is 12.5 Å². The minimum Gasteiger partial charge on any atom is -0.484 e. The summed E-state index contributed by atoms with van der Waals surface area (Å²) in [5, 5.41) is 0. The molecule has 0 radical (unpaired) electrons. The van der Waals surface area contributed by atoms with Gasteiger partial charge in [-0.15, -0.1) is 0 Å². The van der Waals surface area contributed by atoms with Crippen LogP contribution in [-0.2, 0) is 10.2 Å². The normalized spacial score (nSPS) is 11.0. The highest BCUT2D eigenvalue weighted by Gasteiger charge is 2.17. The third-order valence-corrected chi connectivity index (χ3v) is 4.15. The second kappa shape index (κ2) is 7.73. The maximum atomic E-state index is 11.8. The molecule has 0 spiro atoms. The van der Waals surface area contributed by atoms with Gasteiger partial charge in [-0.2, -0.15) is 0 Å². The molecule has 0 saturated heterocycles. The van der Waals surface area contributed by atoms with E-state index >= 15 is 0 Å². The van der Waals surface area contributed by atoms with E-state index in [1.54, 1.807) is 24.3 Å². The zero-order valence-electron chi connectivity index (χ0n) is 14.4. The van der Waals surface area contributed by atoms with Crippen molar-refractivity contribution >= 4 is 17.3 Å². The Morgan fingerprint density at radius 3 is 2.29 bits per heavy atom. The zero-order chi connectivity index (χ0) is 17.6. The average molecular weight is 327 g/mol. The Kier molecular flexibility index (Phi) is 5.68. The molecule has 0 aliphatic carbocycles. The Bertz CT molecular complexity index is 664. The molecule has 2 aromatic carbocycles. The molecule has 0 unspecified atom stereocenters. The van der Waals surface area contributed by atoms with Crippen LogP contribution in [0.5, 0.6) is 5.75 Å². The highest BCUT2D eigenvalue weighted by molar-refractivity contribution is 5.79. The molecule has 0 aliphatic heterocycles. The summed E-state index contributed by atoms with van der Waals surface area (Å²) in [5.41, 5.74) is 13.8. The maximum absolute atomic E-state index is 11.8. The number of hydrogen-bond acceptors (Lipinski definition) is 4. The topological polar surface area (TPSA) is 76.4 Å². The van der Waals surface area contributed by atoms with Crippen molar-refractivity contribution in [2.75, 3.05) is 17.8 Å². The van der Waals surface area contributed by atoms with Gasteiger partial charge in [0, 0.05) is 5.69 Å². The Balaban J connectivity index is 1.80. The third-order valence-electron chi connectivity index (χ3n) is 4.15. The highest BCUT2D eigenvalue weighted by Crippen LogP contribution is 2.27. The lowest BCUT2D eigenvalue weighted by Crippen LogP contribution is -2.33. The average Bonchev–Trinajstić information content (AvgIpc) is 2.60. The predicted octanol–water partition coefficient (Wildman–Crippen LogP) is 3.48. The number of rotatable bonds is 7. The Labute approximate surface area is 143 Å². The van der Waals surface area contributed by atoms with Gasteiger partial charge in [0.05, 0.1) is 5.69 Å². The van der Waals surface area contributed by atoms with E-state index in [1.807, 2.05) is 24.3 Å². The molecule has 0 bridgehead atoms. The first-order chi connectivity index (χ1) is 11.4. The standard InChI is InChI=1S/C19H25N3O2/c1-4-19(2,3)14-5-11-17(12-6-14)24-13-18(23)22-21-16-9-7-15(20)8-10-16/h5-12,21H,4,13,20H2,1-3H3,(H,22,23). The molecule has 0 atom stereocenters. The molecule has 2 rings (SSSR count). The second-order valence-electron chi connectivity index (χ2n) is 6.35. The molecule has 0 fully saturated rings. The molecular weight excluding hydrogens is 302 g/mol. The van der Waals surface area contributed by atoms with E-state index in [1.165, 1.54) is 5.56 Å². The van der Waals surface area contributed by atoms with Crippen LogP contribution < -0.4 is 21.3 Å². The van der Waals surface area contributed by atoms with Crippen LogP contribution in [0, 0.1) is 0 Å². The van der Waals surface area contributed by atoms with Crippen LogP contribution >= 0.6 is 0 Å². The number of nitrogens with one attached hydrogen (secondary N) is 2. The minimum atomic E-state index is -0.259. The first-order valence-electron chi connectivity index (χ1n) is 8.04. The first-order valence-corrected chi connectivity index (χ1v) is 8.04. The molecule has 2 aromatic rings. The molecule has 4 N–H and O–H groups in total. The third kappa shape index (κ3) is 4.91. The number of benzene rings is 2. The van der Waals surface area contributed by atoms with Gasteiger partial charge < -0.3 is 10.5 Å². The van der Waals surface area contributed by atoms with Crippen molar-refractivity contribution in [2.45, 2.75) is 32.6 Å². The van der Waals surface area contributed by atoms with Gasteiger partial charge in [0.15, 0.2) is 6.61 Å². The fraction of sp³-hybridized carbons (Fsp3) is 0.316. The number of nitrogen functional groups attached to an aromatic ring is 1. The summed E-state index contributed by atoms with van der Waals surface area (Å²) in [6.45, 7) is 6.53. The van der Waals surface area contributed by atoms with E-state index in [-0.39, 0.29) is 17.9 Å². The Morgan fingerprint density at radius 1 is 1.08 bits per heavy atom. The lowest BCUT2D eigenvalue weighted by Gasteiger charge is -2.23. The summed E-state index contributed by atoms with van der Waals surface area (Å²) in [6, 6.07) is 15.0. The maximum Gasteiger partial charge on any atom is 0.276 e. The summed E-state index contributed by atoms with van der Waals surface area (Å²) < 4.78 is 5.50. The number of nitrogens with two attached hydrogens (primary N) is 1. The largest absolute Gasteiger partial charge is 0.484 e. The van der Waals surface area contributed by atoms with Crippen molar-refractivity contribution in [2.24, 2.45) is 0 Å². The van der Waals surface area contributed by atoms with Crippen molar-refractivity contribution in [1.82, 2.24) is 5.43 Å². The molecule has 5 nitrogen and oxygen atoms in total. The van der Waals surface area contributed by atoms with E-state index in [0.29, 0.717) is 11.4 Å². The lowest BCUT2D eigenvalue weighted by molar-refractivity contribution is -0.122. The van der Waals surface area contributed by atoms with Crippen molar-refractivity contribution in [1.29, 1.82) is 0 Å². The van der Waals surface area contributed by atoms with E-state index in [4.69, 9.17) is 10.5 Å². The van der Waals surface area contributed by atoms with Gasteiger partial charge in [0.1, 0.15) is 5.75 Å². The molecule has 128 valence electrons. The van der Waals surface area contributed by atoms with Crippen LogP contribution in [0.15, 0.2) is 48.5 Å². The zero-order valence-corrected chi connectivity index (χ0v) is 14.4. The summed E-state index contributed by atoms with van der Waals surface area (Å²) in [7, 11) is 0. The van der Waals surface area contributed by atoms with E-state index in [0.717, 1.165) is 12.1 Å². The number of hydrazine groups is 1. The smallest absolute Gasteiger partial charge is 0.276 e. The number of ether oxygens (including phenoxy) is 1. The predicted molar refractivity (Wildman–Crippen MR) is 97.9 cm³/mol. The summed E-state index contributed by atoms with van der Waals surface area (Å²) in [5.74, 6) is 0.415. The molecule has 0 heterocycles. The number of carbonyl (C=O) groups is 1. The highest BCUT2D eigenvalue weighted by atomic mass is 16.5. The van der Waals surface area contributed by atoms with Crippen LogP contribution in [0.4, 0.5) is 11.4 Å². The lowest BCUT2D eigenvalue weighted by atomic mass is 9.82.